The van der Waals surface area contributed by atoms with Gasteiger partial charge in [-0.15, -0.1) is 0 Å². The molecule has 3 aromatic carbocycles. The number of nitrogens with one attached hydrogen (secondary N) is 1. The number of nitrogens with zero attached hydrogens (tertiary/aromatic N) is 2. The van der Waals surface area contributed by atoms with E-state index in [9.17, 15) is 19.6 Å². The molecule has 3 aromatic rings. The van der Waals surface area contributed by atoms with E-state index in [1.807, 2.05) is 13.0 Å². The number of urea groups is 1. The van der Waals surface area contributed by atoms with Crippen LogP contribution in [0.2, 0.25) is 0 Å². The van der Waals surface area contributed by atoms with Crippen molar-refractivity contribution in [2.45, 2.75) is 13.5 Å². The van der Waals surface area contributed by atoms with E-state index in [0.29, 0.717) is 32.6 Å². The molecule has 1 aliphatic heterocycles. The Bertz CT molecular complexity index is 1440. The van der Waals surface area contributed by atoms with Gasteiger partial charge in [0.05, 0.1) is 17.3 Å². The van der Waals surface area contributed by atoms with Gasteiger partial charge in [-0.1, -0.05) is 50.1 Å². The molecular weight excluding hydrogens is 578 g/mol. The van der Waals surface area contributed by atoms with Gasteiger partial charge in [-0.05, 0) is 61.0 Å². The largest absolute Gasteiger partial charge is 0.488 e. The third kappa shape index (κ3) is 5.19. The van der Waals surface area contributed by atoms with Crippen LogP contribution in [0.1, 0.15) is 22.3 Å². The molecule has 0 atom stereocenters. The van der Waals surface area contributed by atoms with Crippen LogP contribution in [0.4, 0.5) is 10.5 Å². The standard InChI is InChI=1S/C26H17Br2N3O4/c1-15-10-20(7-8-22(15)28)31-25(33)21(24(32)30-26(31)34)12-18-11-19(27)6-9-23(18)35-14-17-5-3-2-4-16(17)13-29/h2-12H,14H2,1H3,(H,30,32,34)/b21-12+. The second-order valence-electron chi connectivity index (χ2n) is 7.63. The molecule has 0 radical (unpaired) electrons. The lowest BCUT2D eigenvalue weighted by molar-refractivity contribution is -0.122. The quantitative estimate of drug-likeness (QED) is 0.304. The van der Waals surface area contributed by atoms with Gasteiger partial charge in [0.25, 0.3) is 11.8 Å². The summed E-state index contributed by atoms with van der Waals surface area (Å²) in [5.74, 6) is -1.15. The first-order valence-electron chi connectivity index (χ1n) is 10.4. The predicted molar refractivity (Wildman–Crippen MR) is 138 cm³/mol. The molecule has 0 bridgehead atoms. The van der Waals surface area contributed by atoms with Crippen molar-refractivity contribution in [3.63, 3.8) is 0 Å². The summed E-state index contributed by atoms with van der Waals surface area (Å²) in [6.07, 6.45) is 1.39. The van der Waals surface area contributed by atoms with Gasteiger partial charge in [0.15, 0.2) is 0 Å². The zero-order chi connectivity index (χ0) is 25.1. The molecule has 9 heteroatoms. The molecule has 0 unspecified atom stereocenters. The van der Waals surface area contributed by atoms with Crippen LogP contribution in [0.25, 0.3) is 6.08 Å². The number of amides is 4. The Morgan fingerprint density at radius 1 is 1.06 bits per heavy atom. The number of rotatable bonds is 5. The molecule has 0 aliphatic carbocycles. The maximum Gasteiger partial charge on any atom is 0.335 e. The fraction of sp³-hybridized carbons (Fsp3) is 0.0769. The van der Waals surface area contributed by atoms with Crippen molar-refractivity contribution in [2.24, 2.45) is 0 Å². The highest BCUT2D eigenvalue weighted by atomic mass is 79.9. The summed E-state index contributed by atoms with van der Waals surface area (Å²) < 4.78 is 7.48. The van der Waals surface area contributed by atoms with Crippen LogP contribution in [0.5, 0.6) is 5.75 Å². The van der Waals surface area contributed by atoms with Gasteiger partial charge in [-0.2, -0.15) is 5.26 Å². The molecule has 4 amide bonds. The molecule has 0 aromatic heterocycles. The van der Waals surface area contributed by atoms with Crippen LogP contribution in [-0.4, -0.2) is 17.8 Å². The van der Waals surface area contributed by atoms with Crippen molar-refractivity contribution in [2.75, 3.05) is 4.90 Å². The number of halogens is 2. The van der Waals surface area contributed by atoms with Gasteiger partial charge in [0, 0.05) is 20.1 Å². The average Bonchev–Trinajstić information content (AvgIpc) is 2.83. The number of ether oxygens (including phenoxy) is 1. The average molecular weight is 595 g/mol. The van der Waals surface area contributed by atoms with Gasteiger partial charge in [0.2, 0.25) is 0 Å². The molecule has 4 rings (SSSR count). The maximum absolute atomic E-state index is 13.3. The number of benzene rings is 3. The number of aryl methyl sites for hydroxylation is 1. The number of barbiturate groups is 1. The summed E-state index contributed by atoms with van der Waals surface area (Å²) in [5, 5.41) is 11.5. The van der Waals surface area contributed by atoms with Crippen molar-refractivity contribution >= 4 is 61.5 Å². The Morgan fingerprint density at radius 3 is 2.57 bits per heavy atom. The SMILES string of the molecule is Cc1cc(N2C(=O)NC(=O)/C(=C\c3cc(Br)ccc3OCc3ccccc3C#N)C2=O)ccc1Br. The zero-order valence-corrected chi connectivity index (χ0v) is 21.5. The second-order valence-corrected chi connectivity index (χ2v) is 9.40. The van der Waals surface area contributed by atoms with Crippen LogP contribution in [-0.2, 0) is 16.2 Å². The van der Waals surface area contributed by atoms with Crippen LogP contribution in [0, 0.1) is 18.3 Å². The lowest BCUT2D eigenvalue weighted by Gasteiger charge is -2.27. The predicted octanol–water partition coefficient (Wildman–Crippen LogP) is 5.64. The molecule has 0 saturated carbocycles. The molecule has 0 spiro atoms. The fourth-order valence-corrected chi connectivity index (χ4v) is 4.12. The first-order chi connectivity index (χ1) is 16.8. The van der Waals surface area contributed by atoms with Gasteiger partial charge >= 0.3 is 6.03 Å². The highest BCUT2D eigenvalue weighted by molar-refractivity contribution is 9.10. The summed E-state index contributed by atoms with van der Waals surface area (Å²) in [6.45, 7) is 1.95. The third-order valence-electron chi connectivity index (χ3n) is 5.29. The number of carbonyl (C=O) groups is 3. The van der Waals surface area contributed by atoms with E-state index in [1.54, 1.807) is 54.6 Å². The van der Waals surface area contributed by atoms with Crippen molar-refractivity contribution < 1.29 is 19.1 Å². The van der Waals surface area contributed by atoms with Gasteiger partial charge < -0.3 is 4.74 Å². The van der Waals surface area contributed by atoms with E-state index >= 15 is 0 Å². The van der Waals surface area contributed by atoms with E-state index in [1.165, 1.54) is 6.08 Å². The molecule has 35 heavy (non-hydrogen) atoms. The number of hydrogen-bond acceptors (Lipinski definition) is 5. The molecule has 1 N–H and O–H groups in total. The Kier molecular flexibility index (Phi) is 7.15. The minimum absolute atomic E-state index is 0.116. The summed E-state index contributed by atoms with van der Waals surface area (Å²) in [6, 6.07) is 18.5. The van der Waals surface area contributed by atoms with Crippen LogP contribution in [0.3, 0.4) is 0 Å². The summed E-state index contributed by atoms with van der Waals surface area (Å²) in [5.41, 5.74) is 2.59. The van der Waals surface area contributed by atoms with Crippen molar-refractivity contribution in [3.8, 4) is 11.8 Å². The Morgan fingerprint density at radius 2 is 1.83 bits per heavy atom. The highest BCUT2D eigenvalue weighted by Gasteiger charge is 2.37. The van der Waals surface area contributed by atoms with Crippen LogP contribution >= 0.6 is 31.9 Å². The molecule has 1 fully saturated rings. The fourth-order valence-electron chi connectivity index (χ4n) is 3.49. The second kappa shape index (κ2) is 10.3. The van der Waals surface area contributed by atoms with Gasteiger partial charge in [-0.3, -0.25) is 14.9 Å². The number of nitriles is 1. The van der Waals surface area contributed by atoms with E-state index in [-0.39, 0.29) is 12.2 Å². The van der Waals surface area contributed by atoms with Crippen molar-refractivity contribution in [3.05, 3.63) is 97.4 Å². The van der Waals surface area contributed by atoms with E-state index in [4.69, 9.17) is 4.74 Å². The van der Waals surface area contributed by atoms with E-state index < -0.39 is 17.8 Å². The normalized spacial score (nSPS) is 14.6. The number of anilines is 1. The summed E-state index contributed by atoms with van der Waals surface area (Å²) >= 11 is 6.80. The molecule has 174 valence electrons. The molecular formula is C26H17Br2N3O4. The molecule has 1 aliphatic rings. The van der Waals surface area contributed by atoms with Crippen LogP contribution < -0.4 is 15.0 Å². The van der Waals surface area contributed by atoms with Crippen LogP contribution in [0.15, 0.2) is 75.2 Å². The lowest BCUT2D eigenvalue weighted by atomic mass is 10.1. The number of carbonyl (C=O) groups excluding carboxylic acids is 3. The summed E-state index contributed by atoms with van der Waals surface area (Å²) in [4.78, 5) is 39.4. The van der Waals surface area contributed by atoms with Gasteiger partial charge in [-0.25, -0.2) is 9.69 Å². The molecule has 1 heterocycles. The lowest BCUT2D eigenvalue weighted by Crippen LogP contribution is -2.54. The molecule has 7 nitrogen and oxygen atoms in total. The van der Waals surface area contributed by atoms with Gasteiger partial charge in [0.1, 0.15) is 17.9 Å². The topological polar surface area (TPSA) is 99.5 Å². The third-order valence-corrected chi connectivity index (χ3v) is 6.68. The Balaban J connectivity index is 1.69. The van der Waals surface area contributed by atoms with Crippen molar-refractivity contribution in [1.82, 2.24) is 5.32 Å². The maximum atomic E-state index is 13.3. The smallest absolute Gasteiger partial charge is 0.335 e. The minimum Gasteiger partial charge on any atom is -0.488 e. The minimum atomic E-state index is -0.822. The highest BCUT2D eigenvalue weighted by Crippen LogP contribution is 2.30. The Labute approximate surface area is 218 Å². The van der Waals surface area contributed by atoms with Crippen molar-refractivity contribution in [1.29, 1.82) is 5.26 Å². The summed E-state index contributed by atoms with van der Waals surface area (Å²) in [7, 11) is 0. The van der Waals surface area contributed by atoms with E-state index in [2.05, 4.69) is 43.2 Å². The number of hydrogen-bond donors (Lipinski definition) is 1. The number of imide groups is 2. The molecule has 1 saturated heterocycles. The monoisotopic (exact) mass is 593 g/mol. The Hall–Kier alpha value is -3.74. The zero-order valence-electron chi connectivity index (χ0n) is 18.3. The first-order valence-corrected chi connectivity index (χ1v) is 11.9. The first kappa shape index (κ1) is 24.4. The van der Waals surface area contributed by atoms with E-state index in [0.717, 1.165) is 14.9 Å².